The van der Waals surface area contributed by atoms with Crippen molar-refractivity contribution in [1.82, 2.24) is 9.78 Å². The van der Waals surface area contributed by atoms with Gasteiger partial charge in [0.2, 0.25) is 0 Å². The van der Waals surface area contributed by atoms with Crippen LogP contribution in [0.15, 0.2) is 35.2 Å². The highest BCUT2D eigenvalue weighted by Gasteiger charge is 2.17. The van der Waals surface area contributed by atoms with Gasteiger partial charge in [0.05, 0.1) is 11.2 Å². The summed E-state index contributed by atoms with van der Waals surface area (Å²) < 4.78 is 2.07. The van der Waals surface area contributed by atoms with E-state index >= 15 is 0 Å². The molecule has 0 aliphatic heterocycles. The number of benzene rings is 1. The van der Waals surface area contributed by atoms with Crippen molar-refractivity contribution in [2.45, 2.75) is 38.1 Å². The lowest BCUT2D eigenvalue weighted by atomic mass is 10.1. The van der Waals surface area contributed by atoms with Gasteiger partial charge in [-0.05, 0) is 45.9 Å². The van der Waals surface area contributed by atoms with Gasteiger partial charge in [-0.1, -0.05) is 12.1 Å². The third-order valence-corrected chi connectivity index (χ3v) is 2.98. The summed E-state index contributed by atoms with van der Waals surface area (Å²) >= 11 is 4.29. The Morgan fingerprint density at radius 2 is 1.71 bits per heavy atom. The molecule has 0 amide bonds. The first-order chi connectivity index (χ1) is 7.88. The number of thiol groups is 1. The van der Waals surface area contributed by atoms with Gasteiger partial charge in [0.25, 0.3) is 0 Å². The fourth-order valence-corrected chi connectivity index (χ4v) is 2.08. The van der Waals surface area contributed by atoms with Crippen molar-refractivity contribution < 1.29 is 0 Å². The molecule has 0 atom stereocenters. The minimum atomic E-state index is 0.0197. The second kappa shape index (κ2) is 4.22. The summed E-state index contributed by atoms with van der Waals surface area (Å²) in [4.78, 5) is 0.973. The van der Waals surface area contributed by atoms with Gasteiger partial charge < -0.3 is 0 Å². The second-order valence-electron chi connectivity index (χ2n) is 5.30. The van der Waals surface area contributed by atoms with Crippen LogP contribution in [0.2, 0.25) is 0 Å². The molecule has 90 valence electrons. The van der Waals surface area contributed by atoms with Crippen LogP contribution >= 0.6 is 12.6 Å². The Bertz CT molecular complexity index is 518. The summed E-state index contributed by atoms with van der Waals surface area (Å²) in [6.45, 7) is 8.57. The minimum absolute atomic E-state index is 0.0197. The highest BCUT2D eigenvalue weighted by atomic mass is 32.1. The molecule has 0 N–H and O–H groups in total. The van der Waals surface area contributed by atoms with Gasteiger partial charge in [0.1, 0.15) is 0 Å². The van der Waals surface area contributed by atoms with Gasteiger partial charge in [-0.25, -0.2) is 0 Å². The van der Waals surface area contributed by atoms with Gasteiger partial charge in [-0.3, -0.25) is 4.68 Å². The van der Waals surface area contributed by atoms with Crippen LogP contribution < -0.4 is 0 Å². The van der Waals surface area contributed by atoms with Gasteiger partial charge in [0, 0.05) is 16.2 Å². The lowest BCUT2D eigenvalue weighted by Crippen LogP contribution is -2.24. The van der Waals surface area contributed by atoms with E-state index in [1.807, 2.05) is 12.1 Å². The molecule has 1 heterocycles. The first kappa shape index (κ1) is 12.2. The topological polar surface area (TPSA) is 17.8 Å². The van der Waals surface area contributed by atoms with Crippen LogP contribution in [0.5, 0.6) is 0 Å². The predicted molar refractivity (Wildman–Crippen MR) is 74.6 cm³/mol. The van der Waals surface area contributed by atoms with Gasteiger partial charge in [0.15, 0.2) is 0 Å². The van der Waals surface area contributed by atoms with E-state index in [0.29, 0.717) is 0 Å². The molecule has 2 aromatic rings. The molecule has 0 bridgehead atoms. The normalized spacial score (nSPS) is 11.8. The molecule has 0 saturated carbocycles. The molecular formula is C14H18N2S. The summed E-state index contributed by atoms with van der Waals surface area (Å²) in [6.07, 6.45) is 0. The third-order valence-electron chi connectivity index (χ3n) is 2.69. The van der Waals surface area contributed by atoms with E-state index in [4.69, 9.17) is 0 Å². The van der Waals surface area contributed by atoms with Crippen molar-refractivity contribution in [3.8, 4) is 11.3 Å². The Balaban J connectivity index is 2.45. The molecule has 0 radical (unpaired) electrons. The maximum Gasteiger partial charge on any atom is 0.0926 e. The lowest BCUT2D eigenvalue weighted by Gasteiger charge is -2.21. The number of aromatic nitrogens is 2. The maximum atomic E-state index is 4.67. The van der Waals surface area contributed by atoms with Crippen molar-refractivity contribution in [1.29, 1.82) is 0 Å². The maximum absolute atomic E-state index is 4.67. The fraction of sp³-hybridized carbons (Fsp3) is 0.357. The number of rotatable bonds is 1. The van der Waals surface area contributed by atoms with Gasteiger partial charge >= 0.3 is 0 Å². The highest BCUT2D eigenvalue weighted by molar-refractivity contribution is 7.80. The van der Waals surface area contributed by atoms with E-state index in [-0.39, 0.29) is 5.54 Å². The van der Waals surface area contributed by atoms with E-state index in [1.165, 1.54) is 5.69 Å². The largest absolute Gasteiger partial charge is 0.264 e. The summed E-state index contributed by atoms with van der Waals surface area (Å²) in [7, 11) is 0. The number of hydrogen-bond acceptors (Lipinski definition) is 2. The first-order valence-electron chi connectivity index (χ1n) is 5.74. The van der Waals surface area contributed by atoms with Crippen molar-refractivity contribution >= 4 is 12.6 Å². The molecule has 0 fully saturated rings. The van der Waals surface area contributed by atoms with Crippen LogP contribution in [0, 0.1) is 6.92 Å². The number of hydrogen-bond donors (Lipinski definition) is 1. The zero-order chi connectivity index (χ0) is 12.6. The fourth-order valence-electron chi connectivity index (χ4n) is 1.93. The standard InChI is InChI=1S/C14H18N2S/c1-10-9-13(15-16(10)14(2,3)4)11-5-7-12(17)8-6-11/h5-9,17H,1-4H3. The summed E-state index contributed by atoms with van der Waals surface area (Å²) in [5.74, 6) is 0. The monoisotopic (exact) mass is 246 g/mol. The molecule has 1 aromatic heterocycles. The molecule has 0 aliphatic carbocycles. The molecule has 0 saturated heterocycles. The second-order valence-corrected chi connectivity index (χ2v) is 5.82. The Labute approximate surface area is 108 Å². The summed E-state index contributed by atoms with van der Waals surface area (Å²) in [5, 5.41) is 4.67. The smallest absolute Gasteiger partial charge is 0.0926 e. The van der Waals surface area contributed by atoms with Gasteiger partial charge in [-0.15, -0.1) is 12.6 Å². The molecule has 0 unspecified atom stereocenters. The van der Waals surface area contributed by atoms with Crippen molar-refractivity contribution in [3.63, 3.8) is 0 Å². The Morgan fingerprint density at radius 3 is 2.18 bits per heavy atom. The Morgan fingerprint density at radius 1 is 1.12 bits per heavy atom. The van der Waals surface area contributed by atoms with Crippen LogP contribution in [0.25, 0.3) is 11.3 Å². The number of nitrogens with zero attached hydrogens (tertiary/aromatic N) is 2. The summed E-state index contributed by atoms with van der Waals surface area (Å²) in [5.41, 5.74) is 3.35. The van der Waals surface area contributed by atoms with Crippen LogP contribution in [0.1, 0.15) is 26.5 Å². The molecule has 1 aromatic carbocycles. The van der Waals surface area contributed by atoms with E-state index in [0.717, 1.165) is 16.2 Å². The van der Waals surface area contributed by atoms with Gasteiger partial charge in [-0.2, -0.15) is 5.10 Å². The molecule has 0 spiro atoms. The third kappa shape index (κ3) is 2.55. The molecule has 3 heteroatoms. The average molecular weight is 246 g/mol. The van der Waals surface area contributed by atoms with Crippen LogP contribution in [-0.2, 0) is 5.54 Å². The van der Waals surface area contributed by atoms with Crippen molar-refractivity contribution in [3.05, 3.63) is 36.0 Å². The molecule has 2 rings (SSSR count). The number of aryl methyl sites for hydroxylation is 1. The lowest BCUT2D eigenvalue weighted by molar-refractivity contribution is 0.349. The molecule has 0 aliphatic rings. The van der Waals surface area contributed by atoms with Crippen molar-refractivity contribution in [2.75, 3.05) is 0 Å². The first-order valence-corrected chi connectivity index (χ1v) is 6.19. The van der Waals surface area contributed by atoms with Crippen LogP contribution in [0.3, 0.4) is 0 Å². The SMILES string of the molecule is Cc1cc(-c2ccc(S)cc2)nn1C(C)(C)C. The Hall–Kier alpha value is -1.22. The van der Waals surface area contributed by atoms with Crippen LogP contribution in [-0.4, -0.2) is 9.78 Å². The van der Waals surface area contributed by atoms with E-state index < -0.39 is 0 Å². The highest BCUT2D eigenvalue weighted by Crippen LogP contribution is 2.24. The van der Waals surface area contributed by atoms with Crippen LogP contribution in [0.4, 0.5) is 0 Å². The van der Waals surface area contributed by atoms with E-state index in [1.54, 1.807) is 0 Å². The van der Waals surface area contributed by atoms with Crippen molar-refractivity contribution in [2.24, 2.45) is 0 Å². The quantitative estimate of drug-likeness (QED) is 0.755. The van der Waals surface area contributed by atoms with E-state index in [9.17, 15) is 0 Å². The summed E-state index contributed by atoms with van der Waals surface area (Å²) in [6, 6.07) is 10.2. The zero-order valence-corrected chi connectivity index (χ0v) is 11.6. The van der Waals surface area contributed by atoms with E-state index in [2.05, 4.69) is 68.3 Å². The molecular weight excluding hydrogens is 228 g/mol. The Kier molecular flexibility index (Phi) is 3.04. The minimum Gasteiger partial charge on any atom is -0.264 e. The zero-order valence-electron chi connectivity index (χ0n) is 10.7. The average Bonchev–Trinajstić information content (AvgIpc) is 2.61. The molecule has 2 nitrogen and oxygen atoms in total. The predicted octanol–water partition coefficient (Wildman–Crippen LogP) is 3.90. The molecule has 17 heavy (non-hydrogen) atoms.